The first kappa shape index (κ1) is 18.2. The Bertz CT molecular complexity index is 768. The summed E-state index contributed by atoms with van der Waals surface area (Å²) >= 11 is 0. The van der Waals surface area contributed by atoms with Gasteiger partial charge in [0.05, 0.1) is 22.5 Å². The number of hydrogen-bond donors (Lipinski definition) is 1. The number of nitrogens with one attached hydrogen (secondary N) is 1. The lowest BCUT2D eigenvalue weighted by Gasteiger charge is -2.30. The molecule has 1 heterocycles. The lowest BCUT2D eigenvalue weighted by Crippen LogP contribution is -2.47. The Morgan fingerprint density at radius 1 is 1.20 bits per heavy atom. The fraction of sp³-hybridized carbons (Fsp3) is 0.588. The summed E-state index contributed by atoms with van der Waals surface area (Å²) in [6.45, 7) is 0. The monoisotopic (exact) mass is 375 g/mol. The van der Waals surface area contributed by atoms with E-state index in [1.54, 1.807) is 6.07 Å². The molecule has 2 aliphatic rings. The fourth-order valence-electron chi connectivity index (χ4n) is 3.85. The van der Waals surface area contributed by atoms with Crippen molar-refractivity contribution >= 4 is 15.7 Å². The number of amides is 1. The van der Waals surface area contributed by atoms with Gasteiger partial charge in [0, 0.05) is 6.04 Å². The molecule has 1 N–H and O–H groups in total. The third kappa shape index (κ3) is 3.68. The molecule has 0 spiro atoms. The third-order valence-corrected chi connectivity index (χ3v) is 6.97. The molecule has 1 atom stereocenters. The first-order valence-electron chi connectivity index (χ1n) is 8.32. The molecular formula is C17H20F3NO3S. The lowest BCUT2D eigenvalue weighted by molar-refractivity contribution is -0.138. The Morgan fingerprint density at radius 2 is 1.88 bits per heavy atom. The molecule has 0 aromatic heterocycles. The van der Waals surface area contributed by atoms with Crippen LogP contribution in [0.15, 0.2) is 24.3 Å². The highest BCUT2D eigenvalue weighted by molar-refractivity contribution is 7.91. The molecule has 1 saturated heterocycles. The average Bonchev–Trinajstić information content (AvgIpc) is 3.14. The summed E-state index contributed by atoms with van der Waals surface area (Å²) in [6, 6.07) is 4.47. The molecule has 3 rings (SSSR count). The summed E-state index contributed by atoms with van der Waals surface area (Å²) in [7, 11) is -3.14. The van der Waals surface area contributed by atoms with Gasteiger partial charge < -0.3 is 5.32 Å². The van der Waals surface area contributed by atoms with Crippen molar-refractivity contribution in [3.05, 3.63) is 35.4 Å². The predicted molar refractivity (Wildman–Crippen MR) is 86.8 cm³/mol. The van der Waals surface area contributed by atoms with E-state index < -0.39 is 33.0 Å². The lowest BCUT2D eigenvalue weighted by atomic mass is 9.77. The maximum atomic E-state index is 13.0. The second-order valence-electron chi connectivity index (χ2n) is 6.94. The maximum Gasteiger partial charge on any atom is 0.416 e. The molecular weight excluding hydrogens is 355 g/mol. The summed E-state index contributed by atoms with van der Waals surface area (Å²) in [5.41, 5.74) is -1.42. The zero-order chi connectivity index (χ0) is 18.3. The molecule has 1 aromatic carbocycles. The van der Waals surface area contributed by atoms with Gasteiger partial charge in [0.15, 0.2) is 9.84 Å². The van der Waals surface area contributed by atoms with Crippen LogP contribution in [0.1, 0.15) is 43.2 Å². The van der Waals surface area contributed by atoms with E-state index in [2.05, 4.69) is 5.32 Å². The largest absolute Gasteiger partial charge is 0.416 e. The van der Waals surface area contributed by atoms with Gasteiger partial charge in [-0.3, -0.25) is 4.79 Å². The van der Waals surface area contributed by atoms with Gasteiger partial charge in [-0.25, -0.2) is 8.42 Å². The van der Waals surface area contributed by atoms with Crippen LogP contribution < -0.4 is 5.32 Å². The molecule has 0 bridgehead atoms. The topological polar surface area (TPSA) is 63.2 Å². The number of carbonyl (C=O) groups is 1. The van der Waals surface area contributed by atoms with Gasteiger partial charge in [0.1, 0.15) is 0 Å². The average molecular weight is 375 g/mol. The highest BCUT2D eigenvalue weighted by Gasteiger charge is 2.45. The van der Waals surface area contributed by atoms with E-state index in [4.69, 9.17) is 0 Å². The summed E-state index contributed by atoms with van der Waals surface area (Å²) in [6.07, 6.45) is -1.66. The Hall–Kier alpha value is -1.57. The quantitative estimate of drug-likeness (QED) is 0.884. The number of carbonyl (C=O) groups excluding carboxylic acids is 1. The van der Waals surface area contributed by atoms with Crippen LogP contribution in [0.5, 0.6) is 0 Å². The van der Waals surface area contributed by atoms with Crippen LogP contribution in [0.3, 0.4) is 0 Å². The number of hydrogen-bond acceptors (Lipinski definition) is 3. The molecule has 8 heteroatoms. The van der Waals surface area contributed by atoms with Crippen molar-refractivity contribution in [2.45, 2.75) is 49.7 Å². The van der Waals surface area contributed by atoms with Crippen LogP contribution in [0, 0.1) is 0 Å². The van der Waals surface area contributed by atoms with Gasteiger partial charge >= 0.3 is 6.18 Å². The second-order valence-corrected chi connectivity index (χ2v) is 9.17. The first-order valence-corrected chi connectivity index (χ1v) is 10.1. The van der Waals surface area contributed by atoms with Gasteiger partial charge in [0.2, 0.25) is 5.91 Å². The minimum Gasteiger partial charge on any atom is -0.352 e. The van der Waals surface area contributed by atoms with Crippen molar-refractivity contribution in [2.75, 3.05) is 11.5 Å². The second kappa shape index (κ2) is 6.30. The zero-order valence-electron chi connectivity index (χ0n) is 13.6. The van der Waals surface area contributed by atoms with Gasteiger partial charge in [-0.1, -0.05) is 31.0 Å². The molecule has 4 nitrogen and oxygen atoms in total. The highest BCUT2D eigenvalue weighted by Crippen LogP contribution is 2.43. The van der Waals surface area contributed by atoms with E-state index in [1.165, 1.54) is 6.07 Å². The van der Waals surface area contributed by atoms with Crippen molar-refractivity contribution in [3.63, 3.8) is 0 Å². The van der Waals surface area contributed by atoms with E-state index in [-0.39, 0.29) is 17.4 Å². The zero-order valence-corrected chi connectivity index (χ0v) is 14.4. The van der Waals surface area contributed by atoms with Crippen LogP contribution in [0.2, 0.25) is 0 Å². The predicted octanol–water partition coefficient (Wildman–Crippen LogP) is 2.82. The minimum absolute atomic E-state index is 0.0362. The standard InChI is InChI=1S/C17H20F3NO3S/c18-17(19,20)13-5-3-4-12(10-13)16(7-1-2-8-16)15(22)21-14-6-9-25(23,24)11-14/h3-5,10,14H,1-2,6-9,11H2,(H,21,22)/t14-/m0/s1. The Morgan fingerprint density at radius 3 is 2.44 bits per heavy atom. The molecule has 1 saturated carbocycles. The number of alkyl halides is 3. The number of rotatable bonds is 3. The van der Waals surface area contributed by atoms with Crippen LogP contribution in [-0.2, 0) is 26.2 Å². The molecule has 1 aliphatic heterocycles. The number of sulfone groups is 1. The Labute approximate surface area is 144 Å². The Balaban J connectivity index is 1.88. The Kier molecular flexibility index (Phi) is 4.59. The van der Waals surface area contributed by atoms with Crippen molar-refractivity contribution in [3.8, 4) is 0 Å². The highest BCUT2D eigenvalue weighted by atomic mass is 32.2. The van der Waals surface area contributed by atoms with Crippen molar-refractivity contribution in [2.24, 2.45) is 0 Å². The number of benzene rings is 1. The molecule has 0 radical (unpaired) electrons. The van der Waals surface area contributed by atoms with Crippen molar-refractivity contribution < 1.29 is 26.4 Å². The van der Waals surface area contributed by atoms with E-state index in [0.717, 1.165) is 25.0 Å². The van der Waals surface area contributed by atoms with E-state index in [9.17, 15) is 26.4 Å². The van der Waals surface area contributed by atoms with E-state index in [0.29, 0.717) is 24.8 Å². The normalized spacial score (nSPS) is 25.0. The van der Waals surface area contributed by atoms with Gasteiger partial charge in [0.25, 0.3) is 0 Å². The van der Waals surface area contributed by atoms with E-state index in [1.807, 2.05) is 0 Å². The van der Waals surface area contributed by atoms with Crippen LogP contribution >= 0.6 is 0 Å². The molecule has 138 valence electrons. The van der Waals surface area contributed by atoms with Gasteiger partial charge in [-0.15, -0.1) is 0 Å². The number of halogens is 3. The summed E-state index contributed by atoms with van der Waals surface area (Å²) in [5, 5.41) is 2.77. The molecule has 1 amide bonds. The fourth-order valence-corrected chi connectivity index (χ4v) is 5.52. The maximum absolute atomic E-state index is 13.0. The summed E-state index contributed by atoms with van der Waals surface area (Å²) in [4.78, 5) is 12.9. The van der Waals surface area contributed by atoms with Crippen LogP contribution in [0.25, 0.3) is 0 Å². The van der Waals surface area contributed by atoms with Crippen LogP contribution in [-0.4, -0.2) is 31.9 Å². The first-order chi connectivity index (χ1) is 11.6. The van der Waals surface area contributed by atoms with Crippen LogP contribution in [0.4, 0.5) is 13.2 Å². The molecule has 1 aromatic rings. The van der Waals surface area contributed by atoms with Gasteiger partial charge in [-0.2, -0.15) is 13.2 Å². The molecule has 0 unspecified atom stereocenters. The SMILES string of the molecule is O=C(N[C@H]1CCS(=O)(=O)C1)C1(c2cccc(C(F)(F)F)c2)CCCC1. The molecule has 2 fully saturated rings. The molecule has 1 aliphatic carbocycles. The van der Waals surface area contributed by atoms with Crippen molar-refractivity contribution in [1.29, 1.82) is 0 Å². The minimum atomic E-state index is -4.47. The van der Waals surface area contributed by atoms with E-state index >= 15 is 0 Å². The molecule has 25 heavy (non-hydrogen) atoms. The van der Waals surface area contributed by atoms with Gasteiger partial charge in [-0.05, 0) is 30.9 Å². The third-order valence-electron chi connectivity index (χ3n) is 5.20. The van der Waals surface area contributed by atoms with Crippen molar-refractivity contribution in [1.82, 2.24) is 5.32 Å². The summed E-state index contributed by atoms with van der Waals surface area (Å²) < 4.78 is 62.2. The summed E-state index contributed by atoms with van der Waals surface area (Å²) in [5.74, 6) is -0.419. The smallest absolute Gasteiger partial charge is 0.352 e.